The van der Waals surface area contributed by atoms with Crippen molar-refractivity contribution in [3.05, 3.63) is 76.9 Å². The van der Waals surface area contributed by atoms with E-state index in [0.717, 1.165) is 6.07 Å². The number of aliphatic hydroxyl groups is 5. The molecule has 0 bridgehead atoms. The molecule has 2 aliphatic heterocycles. The quantitative estimate of drug-likeness (QED) is 0.168. The summed E-state index contributed by atoms with van der Waals surface area (Å²) >= 11 is 0. The van der Waals surface area contributed by atoms with Gasteiger partial charge in [-0.05, 0) is 61.4 Å². The maximum Gasteiger partial charge on any atom is 0.247 e. The molecular formula is C31H35F2NO11. The van der Waals surface area contributed by atoms with Crippen LogP contribution in [0, 0.1) is 11.6 Å². The number of rotatable bonds is 9. The van der Waals surface area contributed by atoms with Crippen molar-refractivity contribution < 1.29 is 62.8 Å². The van der Waals surface area contributed by atoms with Gasteiger partial charge in [0.1, 0.15) is 62.2 Å². The normalized spacial score (nSPS) is 33.5. The molecule has 3 fully saturated rings. The van der Waals surface area contributed by atoms with Gasteiger partial charge in [0.2, 0.25) is 12.2 Å². The maximum atomic E-state index is 15.0. The fourth-order valence-corrected chi connectivity index (χ4v) is 5.42. The van der Waals surface area contributed by atoms with Crippen LogP contribution in [-0.2, 0) is 19.0 Å². The molecule has 0 aromatic heterocycles. The van der Waals surface area contributed by atoms with Crippen LogP contribution in [0.2, 0.25) is 0 Å². The highest BCUT2D eigenvalue weighted by Gasteiger charge is 2.53. The third-order valence-electron chi connectivity index (χ3n) is 7.99. The number of carbonyl (C=O) groups excluding carboxylic acids is 1. The van der Waals surface area contributed by atoms with Crippen molar-refractivity contribution in [2.75, 3.05) is 13.4 Å². The first kappa shape index (κ1) is 32.9. The van der Waals surface area contributed by atoms with Crippen LogP contribution >= 0.6 is 0 Å². The highest BCUT2D eigenvalue weighted by atomic mass is 19.1. The Morgan fingerprint density at radius 2 is 1.62 bits per heavy atom. The Morgan fingerprint density at radius 3 is 2.33 bits per heavy atom. The Labute approximate surface area is 257 Å². The monoisotopic (exact) mass is 635 g/mol. The number of aliphatic hydroxyl groups excluding tert-OH is 5. The van der Waals surface area contributed by atoms with Gasteiger partial charge in [-0.1, -0.05) is 18.2 Å². The average Bonchev–Trinajstić information content (AvgIpc) is 3.62. The number of ether oxygens (including phenoxy) is 5. The summed E-state index contributed by atoms with van der Waals surface area (Å²) < 4.78 is 55.8. The van der Waals surface area contributed by atoms with Crippen LogP contribution in [0.15, 0.2) is 59.7 Å². The van der Waals surface area contributed by atoms with E-state index in [1.807, 2.05) is 0 Å². The molecule has 1 amide bonds. The van der Waals surface area contributed by atoms with E-state index < -0.39 is 78.7 Å². The van der Waals surface area contributed by atoms with Crippen LogP contribution < -0.4 is 14.8 Å². The van der Waals surface area contributed by atoms with Gasteiger partial charge < -0.3 is 54.5 Å². The summed E-state index contributed by atoms with van der Waals surface area (Å²) in [5.74, 6) is -2.30. The maximum absolute atomic E-state index is 15.0. The molecule has 2 aromatic carbocycles. The summed E-state index contributed by atoms with van der Waals surface area (Å²) in [6.45, 7) is 2.86. The second-order valence-electron chi connectivity index (χ2n) is 11.1. The predicted octanol–water partition coefficient (Wildman–Crippen LogP) is 0.541. The summed E-state index contributed by atoms with van der Waals surface area (Å²) in [7, 11) is 0. The zero-order valence-electron chi connectivity index (χ0n) is 24.3. The first-order valence-electron chi connectivity index (χ1n) is 14.2. The second-order valence-corrected chi connectivity index (χ2v) is 11.1. The van der Waals surface area contributed by atoms with Crippen LogP contribution in [-0.4, -0.2) is 106 Å². The first-order valence-corrected chi connectivity index (χ1v) is 14.2. The van der Waals surface area contributed by atoms with E-state index in [0.29, 0.717) is 5.57 Å². The van der Waals surface area contributed by atoms with Crippen molar-refractivity contribution in [1.29, 1.82) is 0 Å². The first-order chi connectivity index (χ1) is 21.5. The minimum atomic E-state index is -1.52. The number of halogens is 2. The van der Waals surface area contributed by atoms with Gasteiger partial charge in [-0.2, -0.15) is 0 Å². The van der Waals surface area contributed by atoms with Gasteiger partial charge in [0.05, 0.1) is 6.04 Å². The molecule has 244 valence electrons. The largest absolute Gasteiger partial charge is 0.486 e. The zero-order valence-corrected chi connectivity index (χ0v) is 24.3. The highest BCUT2D eigenvalue weighted by Crippen LogP contribution is 2.32. The summed E-state index contributed by atoms with van der Waals surface area (Å²) in [4.78, 5) is 12.8. The van der Waals surface area contributed by atoms with E-state index in [1.165, 1.54) is 43.3 Å². The van der Waals surface area contributed by atoms with Crippen LogP contribution in [0.25, 0.3) is 6.08 Å². The van der Waals surface area contributed by atoms with E-state index in [1.54, 1.807) is 19.1 Å². The SMILES string of the molecule is CC(=Cc1ccc(O[C@@H]2O[C@H](C(C)=CCOc3ccccc3F)[C@@H](O)[C@H]2O)c(F)c1)C(=O)N[C@@H]1[C@H](O)[C@@H](O)[C@H]2OCO[C@H]2[C@@H]1O. The molecule has 10 atom stereocenters. The smallest absolute Gasteiger partial charge is 0.247 e. The van der Waals surface area contributed by atoms with E-state index >= 15 is 4.39 Å². The molecular weight excluding hydrogens is 600 g/mol. The number of amides is 1. The second kappa shape index (κ2) is 13.9. The van der Waals surface area contributed by atoms with Crippen molar-refractivity contribution in [2.45, 2.75) is 75.0 Å². The van der Waals surface area contributed by atoms with Gasteiger partial charge in [-0.15, -0.1) is 0 Å². The van der Waals surface area contributed by atoms with Crippen molar-refractivity contribution in [3.8, 4) is 11.5 Å². The van der Waals surface area contributed by atoms with Gasteiger partial charge >= 0.3 is 0 Å². The van der Waals surface area contributed by atoms with Crippen LogP contribution in [0.5, 0.6) is 11.5 Å². The predicted molar refractivity (Wildman–Crippen MR) is 152 cm³/mol. The molecule has 3 aliphatic rings. The number of nitrogens with one attached hydrogen (secondary N) is 1. The molecule has 1 aliphatic carbocycles. The summed E-state index contributed by atoms with van der Waals surface area (Å²) in [6.07, 6.45) is -8.54. The fraction of sp³-hybridized carbons (Fsp3) is 0.452. The lowest BCUT2D eigenvalue weighted by atomic mass is 9.83. The fourth-order valence-electron chi connectivity index (χ4n) is 5.42. The molecule has 5 rings (SSSR count). The van der Waals surface area contributed by atoms with Crippen LogP contribution in [0.1, 0.15) is 19.4 Å². The van der Waals surface area contributed by atoms with Gasteiger partial charge in [-0.25, -0.2) is 8.78 Å². The molecule has 2 aromatic rings. The van der Waals surface area contributed by atoms with Crippen LogP contribution in [0.3, 0.4) is 0 Å². The number of hydrogen-bond donors (Lipinski definition) is 6. The van der Waals surface area contributed by atoms with Gasteiger partial charge in [-0.3, -0.25) is 4.79 Å². The average molecular weight is 636 g/mol. The standard InChI is InChI=1S/C31H35F2NO11/c1-14(9-10-41-19-6-4-3-5-17(19)32)27-25(38)26(39)31(45-27)44-20-8-7-16(12-18(20)33)11-15(2)30(40)34-21-22(35)24(37)29-28(23(21)36)42-13-43-29/h3-9,11-12,21-29,31,35-39H,10,13H2,1-2H3,(H,34,40)/t21-,22+,23-,24-,25+,26-,27-,28+,29-,31-/m1/s1. The summed E-state index contributed by atoms with van der Waals surface area (Å²) in [6, 6.07) is 8.41. The Hall–Kier alpha value is -3.47. The third kappa shape index (κ3) is 7.03. The van der Waals surface area contributed by atoms with Gasteiger partial charge in [0.25, 0.3) is 0 Å². The van der Waals surface area contributed by atoms with Crippen molar-refractivity contribution in [1.82, 2.24) is 5.32 Å². The third-order valence-corrected chi connectivity index (χ3v) is 7.99. The molecule has 2 saturated heterocycles. The van der Waals surface area contributed by atoms with Gasteiger partial charge in [0.15, 0.2) is 23.1 Å². The van der Waals surface area contributed by atoms with Crippen molar-refractivity contribution >= 4 is 12.0 Å². The Kier molecular flexibility index (Phi) is 10.2. The van der Waals surface area contributed by atoms with Crippen LogP contribution in [0.4, 0.5) is 8.78 Å². The molecule has 12 nitrogen and oxygen atoms in total. The molecule has 14 heteroatoms. The highest BCUT2D eigenvalue weighted by molar-refractivity contribution is 5.97. The number of benzene rings is 2. The minimum absolute atomic E-state index is 0.0316. The number of carbonyl (C=O) groups is 1. The molecule has 45 heavy (non-hydrogen) atoms. The lowest BCUT2D eigenvalue weighted by Crippen LogP contribution is -2.67. The molecule has 0 spiro atoms. The van der Waals surface area contributed by atoms with Crippen molar-refractivity contribution in [2.24, 2.45) is 0 Å². The molecule has 1 saturated carbocycles. The number of fused-ring (bicyclic) bond motifs is 1. The van der Waals surface area contributed by atoms with E-state index in [-0.39, 0.29) is 36.0 Å². The number of para-hydroxylation sites is 1. The zero-order chi connectivity index (χ0) is 32.4. The molecule has 0 unspecified atom stereocenters. The van der Waals surface area contributed by atoms with Crippen molar-refractivity contribution in [3.63, 3.8) is 0 Å². The summed E-state index contributed by atoms with van der Waals surface area (Å²) in [5, 5.41) is 54.8. The Morgan fingerprint density at radius 1 is 0.911 bits per heavy atom. The lowest BCUT2D eigenvalue weighted by Gasteiger charge is -2.41. The minimum Gasteiger partial charge on any atom is -0.486 e. The Balaban J connectivity index is 1.18. The topological polar surface area (TPSA) is 176 Å². The summed E-state index contributed by atoms with van der Waals surface area (Å²) in [5.41, 5.74) is 0.846. The molecule has 0 radical (unpaired) electrons. The molecule has 6 N–H and O–H groups in total. The Bertz CT molecular complexity index is 1440. The van der Waals surface area contributed by atoms with Gasteiger partial charge in [0, 0.05) is 5.57 Å². The lowest BCUT2D eigenvalue weighted by molar-refractivity contribution is -0.155. The van der Waals surface area contributed by atoms with E-state index in [9.17, 15) is 34.7 Å². The number of hydrogen-bond acceptors (Lipinski definition) is 11. The van der Waals surface area contributed by atoms with E-state index in [4.69, 9.17) is 23.7 Å². The van der Waals surface area contributed by atoms with E-state index in [2.05, 4.69) is 5.32 Å². The molecule has 2 heterocycles.